The van der Waals surface area contributed by atoms with E-state index in [0.29, 0.717) is 17.1 Å². The van der Waals surface area contributed by atoms with Crippen molar-refractivity contribution < 1.29 is 5.11 Å². The summed E-state index contributed by atoms with van der Waals surface area (Å²) in [6.07, 6.45) is 0. The van der Waals surface area contributed by atoms with Gasteiger partial charge in [-0.25, -0.2) is 0 Å². The van der Waals surface area contributed by atoms with Gasteiger partial charge in [0.25, 0.3) is 0 Å². The molecular formula is C12H18ClN3O. The van der Waals surface area contributed by atoms with Crippen LogP contribution in [0.4, 0.5) is 5.69 Å². The molecule has 0 atom stereocenters. The SMILES string of the molecule is CC(C)N(CCO)c1ccc(C(=N)N)c(Cl)c1. The highest BCUT2D eigenvalue weighted by Gasteiger charge is 2.12. The van der Waals surface area contributed by atoms with Gasteiger partial charge >= 0.3 is 0 Å². The molecule has 0 spiro atoms. The molecule has 1 aromatic carbocycles. The lowest BCUT2D eigenvalue weighted by Gasteiger charge is -2.28. The number of benzene rings is 1. The predicted molar refractivity (Wildman–Crippen MR) is 72.0 cm³/mol. The highest BCUT2D eigenvalue weighted by molar-refractivity contribution is 6.34. The number of nitrogens with zero attached hydrogens (tertiary/aromatic N) is 1. The zero-order valence-electron chi connectivity index (χ0n) is 10.1. The van der Waals surface area contributed by atoms with Crippen LogP contribution in [0, 0.1) is 5.41 Å². The summed E-state index contributed by atoms with van der Waals surface area (Å²) in [5, 5.41) is 16.8. The van der Waals surface area contributed by atoms with Gasteiger partial charge in [0.2, 0.25) is 0 Å². The standard InChI is InChI=1S/C12H18ClN3O/c1-8(2)16(5-6-17)9-3-4-10(12(14)15)11(13)7-9/h3-4,7-8,17H,5-6H2,1-2H3,(H3,14,15). The minimum Gasteiger partial charge on any atom is -0.395 e. The molecule has 0 radical (unpaired) electrons. The van der Waals surface area contributed by atoms with E-state index in [4.69, 9.17) is 27.9 Å². The number of aliphatic hydroxyl groups is 1. The Bertz CT molecular complexity index is 407. The van der Waals surface area contributed by atoms with Gasteiger partial charge in [0.1, 0.15) is 5.84 Å². The van der Waals surface area contributed by atoms with Crippen LogP contribution >= 0.6 is 11.6 Å². The molecule has 0 amide bonds. The fourth-order valence-corrected chi connectivity index (χ4v) is 1.97. The Morgan fingerprint density at radius 1 is 1.53 bits per heavy atom. The number of anilines is 1. The Morgan fingerprint density at radius 2 is 2.18 bits per heavy atom. The van der Waals surface area contributed by atoms with Crippen molar-refractivity contribution in [2.45, 2.75) is 19.9 Å². The summed E-state index contributed by atoms with van der Waals surface area (Å²) in [4.78, 5) is 2.04. The monoisotopic (exact) mass is 255 g/mol. The molecule has 1 rings (SSSR count). The lowest BCUT2D eigenvalue weighted by molar-refractivity contribution is 0.299. The number of nitrogens with two attached hydrogens (primary N) is 1. The maximum absolute atomic E-state index is 9.03. The minimum atomic E-state index is -0.0418. The quantitative estimate of drug-likeness (QED) is 0.555. The van der Waals surface area contributed by atoms with Gasteiger partial charge in [-0.2, -0.15) is 0 Å². The maximum Gasteiger partial charge on any atom is 0.124 e. The van der Waals surface area contributed by atoms with Crippen LogP contribution in [0.3, 0.4) is 0 Å². The predicted octanol–water partition coefficient (Wildman–Crippen LogP) is 1.83. The second-order valence-corrected chi connectivity index (χ2v) is 4.50. The molecule has 0 aliphatic heterocycles. The van der Waals surface area contributed by atoms with E-state index in [0.717, 1.165) is 5.69 Å². The third-order valence-corrected chi connectivity index (χ3v) is 2.85. The molecule has 0 bridgehead atoms. The number of halogens is 1. The van der Waals surface area contributed by atoms with Gasteiger partial charge in [0.15, 0.2) is 0 Å². The van der Waals surface area contributed by atoms with Crippen molar-refractivity contribution in [2.75, 3.05) is 18.1 Å². The zero-order chi connectivity index (χ0) is 13.0. The number of nitrogen functional groups attached to an aromatic ring is 1. The van der Waals surface area contributed by atoms with E-state index in [-0.39, 0.29) is 18.5 Å². The smallest absolute Gasteiger partial charge is 0.124 e. The molecule has 94 valence electrons. The third-order valence-electron chi connectivity index (χ3n) is 2.54. The molecule has 0 unspecified atom stereocenters. The van der Waals surface area contributed by atoms with E-state index < -0.39 is 0 Å². The number of hydrogen-bond donors (Lipinski definition) is 3. The number of hydrogen-bond acceptors (Lipinski definition) is 3. The minimum absolute atomic E-state index is 0.0418. The van der Waals surface area contributed by atoms with Crippen LogP contribution in [-0.2, 0) is 0 Å². The van der Waals surface area contributed by atoms with Crippen molar-refractivity contribution >= 4 is 23.1 Å². The van der Waals surface area contributed by atoms with Crippen LogP contribution in [0.5, 0.6) is 0 Å². The fraction of sp³-hybridized carbons (Fsp3) is 0.417. The first-order valence-corrected chi connectivity index (χ1v) is 5.86. The zero-order valence-corrected chi connectivity index (χ0v) is 10.8. The topological polar surface area (TPSA) is 73.3 Å². The van der Waals surface area contributed by atoms with Crippen molar-refractivity contribution in [3.8, 4) is 0 Å². The van der Waals surface area contributed by atoms with Crippen LogP contribution in [0.25, 0.3) is 0 Å². The van der Waals surface area contributed by atoms with E-state index >= 15 is 0 Å². The van der Waals surface area contributed by atoms with E-state index in [1.54, 1.807) is 12.1 Å². The highest BCUT2D eigenvalue weighted by atomic mass is 35.5. The van der Waals surface area contributed by atoms with Crippen molar-refractivity contribution in [1.82, 2.24) is 0 Å². The molecule has 0 saturated carbocycles. The molecule has 17 heavy (non-hydrogen) atoms. The van der Waals surface area contributed by atoms with Gasteiger partial charge in [0.05, 0.1) is 11.6 Å². The maximum atomic E-state index is 9.03. The fourth-order valence-electron chi connectivity index (χ4n) is 1.69. The highest BCUT2D eigenvalue weighted by Crippen LogP contribution is 2.24. The first-order chi connectivity index (χ1) is 7.97. The van der Waals surface area contributed by atoms with Gasteiger partial charge in [-0.15, -0.1) is 0 Å². The normalized spacial score (nSPS) is 10.6. The van der Waals surface area contributed by atoms with E-state index in [9.17, 15) is 0 Å². The van der Waals surface area contributed by atoms with Crippen LogP contribution < -0.4 is 10.6 Å². The molecule has 0 aliphatic carbocycles. The summed E-state index contributed by atoms with van der Waals surface area (Å²) in [7, 11) is 0. The second-order valence-electron chi connectivity index (χ2n) is 4.09. The van der Waals surface area contributed by atoms with E-state index in [1.165, 1.54) is 0 Å². The molecular weight excluding hydrogens is 238 g/mol. The summed E-state index contributed by atoms with van der Waals surface area (Å²) < 4.78 is 0. The Kier molecular flexibility index (Phi) is 4.78. The lowest BCUT2D eigenvalue weighted by Crippen LogP contribution is -2.33. The van der Waals surface area contributed by atoms with Crippen LogP contribution in [0.15, 0.2) is 18.2 Å². The van der Waals surface area contributed by atoms with Gasteiger partial charge < -0.3 is 15.7 Å². The number of aliphatic hydroxyl groups excluding tert-OH is 1. The summed E-state index contributed by atoms with van der Waals surface area (Å²) >= 11 is 6.06. The average Bonchev–Trinajstić information content (AvgIpc) is 2.24. The molecule has 0 fully saturated rings. The Labute approximate surface area is 107 Å². The Morgan fingerprint density at radius 3 is 2.59 bits per heavy atom. The van der Waals surface area contributed by atoms with Gasteiger partial charge in [-0.05, 0) is 32.0 Å². The van der Waals surface area contributed by atoms with E-state index in [1.807, 2.05) is 24.8 Å². The number of amidine groups is 1. The van der Waals surface area contributed by atoms with E-state index in [2.05, 4.69) is 0 Å². The Balaban J connectivity index is 3.06. The van der Waals surface area contributed by atoms with Crippen molar-refractivity contribution in [1.29, 1.82) is 5.41 Å². The van der Waals surface area contributed by atoms with Crippen molar-refractivity contribution in [3.63, 3.8) is 0 Å². The summed E-state index contributed by atoms with van der Waals surface area (Å²) in [6.45, 7) is 4.72. The van der Waals surface area contributed by atoms with Crippen molar-refractivity contribution in [3.05, 3.63) is 28.8 Å². The average molecular weight is 256 g/mol. The first-order valence-electron chi connectivity index (χ1n) is 5.48. The van der Waals surface area contributed by atoms with Crippen LogP contribution in [-0.4, -0.2) is 30.1 Å². The van der Waals surface area contributed by atoms with Gasteiger partial charge in [-0.1, -0.05) is 11.6 Å². The molecule has 4 N–H and O–H groups in total. The summed E-state index contributed by atoms with van der Waals surface area (Å²) in [5.41, 5.74) is 6.86. The molecule has 1 aromatic rings. The molecule has 5 heteroatoms. The summed E-state index contributed by atoms with van der Waals surface area (Å²) in [5.74, 6) is -0.0418. The first kappa shape index (κ1) is 13.8. The largest absolute Gasteiger partial charge is 0.395 e. The lowest BCUT2D eigenvalue weighted by atomic mass is 10.1. The molecule has 4 nitrogen and oxygen atoms in total. The Hall–Kier alpha value is -1.26. The molecule has 0 heterocycles. The van der Waals surface area contributed by atoms with Gasteiger partial charge in [-0.3, -0.25) is 5.41 Å². The van der Waals surface area contributed by atoms with Crippen LogP contribution in [0.1, 0.15) is 19.4 Å². The molecule has 0 saturated heterocycles. The third kappa shape index (κ3) is 3.35. The number of rotatable bonds is 5. The van der Waals surface area contributed by atoms with Gasteiger partial charge in [0, 0.05) is 23.8 Å². The summed E-state index contributed by atoms with van der Waals surface area (Å²) in [6, 6.07) is 5.63. The second kappa shape index (κ2) is 5.89. The molecule has 0 aliphatic rings. The van der Waals surface area contributed by atoms with Crippen molar-refractivity contribution in [2.24, 2.45) is 5.73 Å². The molecule has 0 aromatic heterocycles. The number of nitrogens with one attached hydrogen (secondary N) is 1. The van der Waals surface area contributed by atoms with Crippen LogP contribution in [0.2, 0.25) is 5.02 Å².